The Kier molecular flexibility index (Phi) is 4.88. The minimum atomic E-state index is 0.233. The van der Waals surface area contributed by atoms with E-state index in [-0.39, 0.29) is 5.41 Å². The van der Waals surface area contributed by atoms with Gasteiger partial charge in [-0.25, -0.2) is 4.98 Å². The summed E-state index contributed by atoms with van der Waals surface area (Å²) in [6.45, 7) is 3.92. The van der Waals surface area contributed by atoms with E-state index in [4.69, 9.17) is 9.47 Å². The number of carbonyl (C=O) groups is 1. The number of hydrogen-bond acceptors (Lipinski definition) is 5. The van der Waals surface area contributed by atoms with Crippen LogP contribution in [-0.2, 0) is 9.53 Å². The smallest absolute Gasteiger partial charge is 0.232 e. The quantitative estimate of drug-likeness (QED) is 0.819. The number of ether oxygens (including phenoxy) is 2. The van der Waals surface area contributed by atoms with Gasteiger partial charge in [0, 0.05) is 44.4 Å². The zero-order chi connectivity index (χ0) is 17.1. The van der Waals surface area contributed by atoms with Gasteiger partial charge in [-0.1, -0.05) is 0 Å². The summed E-state index contributed by atoms with van der Waals surface area (Å²) < 4.78 is 11.6. The van der Waals surface area contributed by atoms with E-state index in [9.17, 15) is 4.79 Å². The van der Waals surface area contributed by atoms with E-state index in [0.717, 1.165) is 52.0 Å². The van der Waals surface area contributed by atoms with Crippen LogP contribution in [0.2, 0.25) is 0 Å². The van der Waals surface area contributed by atoms with Crippen molar-refractivity contribution in [3.63, 3.8) is 0 Å². The van der Waals surface area contributed by atoms with Crippen LogP contribution in [-0.4, -0.2) is 53.7 Å². The molecule has 1 amide bonds. The summed E-state index contributed by atoms with van der Waals surface area (Å²) in [6.07, 6.45) is 11.4. The number of amides is 1. The van der Waals surface area contributed by atoms with Crippen molar-refractivity contribution < 1.29 is 14.3 Å². The van der Waals surface area contributed by atoms with Crippen LogP contribution in [0.1, 0.15) is 38.5 Å². The van der Waals surface area contributed by atoms with E-state index in [2.05, 4.69) is 14.9 Å². The summed E-state index contributed by atoms with van der Waals surface area (Å²) >= 11 is 0. The van der Waals surface area contributed by atoms with Crippen molar-refractivity contribution in [2.45, 2.75) is 38.5 Å². The lowest BCUT2D eigenvalue weighted by Crippen LogP contribution is -2.51. The van der Waals surface area contributed by atoms with Crippen LogP contribution < -0.4 is 4.74 Å². The van der Waals surface area contributed by atoms with Crippen molar-refractivity contribution in [1.29, 1.82) is 0 Å². The van der Waals surface area contributed by atoms with Gasteiger partial charge in [0.25, 0.3) is 0 Å². The minimum absolute atomic E-state index is 0.233. The maximum Gasteiger partial charge on any atom is 0.232 e. The first-order valence-electron chi connectivity index (χ1n) is 9.49. The highest BCUT2D eigenvalue weighted by Crippen LogP contribution is 2.45. The van der Waals surface area contributed by atoms with Gasteiger partial charge < -0.3 is 14.4 Å². The zero-order valence-corrected chi connectivity index (χ0v) is 14.7. The van der Waals surface area contributed by atoms with Crippen LogP contribution >= 0.6 is 0 Å². The molecule has 1 saturated carbocycles. The Morgan fingerprint density at radius 3 is 2.84 bits per heavy atom. The van der Waals surface area contributed by atoms with Gasteiger partial charge in [-0.05, 0) is 43.4 Å². The molecule has 3 fully saturated rings. The van der Waals surface area contributed by atoms with E-state index in [1.165, 1.54) is 12.8 Å². The number of carbonyl (C=O) groups excluding carboxylic acids is 1. The monoisotopic (exact) mass is 345 g/mol. The molecule has 3 aliphatic rings. The van der Waals surface area contributed by atoms with Crippen molar-refractivity contribution in [2.24, 2.45) is 17.3 Å². The van der Waals surface area contributed by atoms with Crippen LogP contribution in [0.15, 0.2) is 18.6 Å². The van der Waals surface area contributed by atoms with Gasteiger partial charge >= 0.3 is 0 Å². The van der Waals surface area contributed by atoms with E-state index >= 15 is 0 Å². The first kappa shape index (κ1) is 16.8. The molecule has 2 saturated heterocycles. The predicted octanol–water partition coefficient (Wildman–Crippen LogP) is 2.30. The van der Waals surface area contributed by atoms with Gasteiger partial charge in [-0.2, -0.15) is 0 Å². The molecule has 6 nitrogen and oxygen atoms in total. The molecule has 2 aliphatic heterocycles. The third-order valence-corrected chi connectivity index (χ3v) is 6.17. The first-order valence-corrected chi connectivity index (χ1v) is 9.49. The van der Waals surface area contributed by atoms with E-state index in [1.807, 2.05) is 0 Å². The van der Waals surface area contributed by atoms with Gasteiger partial charge in [0.2, 0.25) is 11.8 Å². The van der Waals surface area contributed by atoms with Gasteiger partial charge in [0.05, 0.1) is 19.4 Å². The molecule has 25 heavy (non-hydrogen) atoms. The fourth-order valence-corrected chi connectivity index (χ4v) is 4.21. The Labute approximate surface area is 148 Å². The second-order valence-electron chi connectivity index (χ2n) is 7.77. The maximum atomic E-state index is 12.4. The Balaban J connectivity index is 1.34. The number of nitrogens with zero attached hydrogens (tertiary/aromatic N) is 3. The second kappa shape index (κ2) is 7.28. The van der Waals surface area contributed by atoms with Crippen LogP contribution in [0.3, 0.4) is 0 Å². The Bertz CT molecular complexity index is 583. The van der Waals surface area contributed by atoms with E-state index in [1.54, 1.807) is 18.6 Å². The molecule has 4 rings (SSSR count). The van der Waals surface area contributed by atoms with Gasteiger partial charge in [0.15, 0.2) is 0 Å². The average molecular weight is 345 g/mol. The van der Waals surface area contributed by atoms with Crippen LogP contribution in [0, 0.1) is 17.3 Å². The molecule has 0 unspecified atom stereocenters. The average Bonchev–Trinajstić information content (AvgIpc) is 3.46. The molecule has 3 heterocycles. The third kappa shape index (κ3) is 3.94. The lowest BCUT2D eigenvalue weighted by molar-refractivity contribution is -0.138. The molecule has 1 aromatic rings. The molecule has 0 radical (unpaired) electrons. The van der Waals surface area contributed by atoms with Crippen molar-refractivity contribution in [1.82, 2.24) is 14.9 Å². The van der Waals surface area contributed by atoms with Crippen molar-refractivity contribution in [3.8, 4) is 5.88 Å². The van der Waals surface area contributed by atoms with E-state index in [0.29, 0.717) is 30.2 Å². The van der Waals surface area contributed by atoms with Crippen LogP contribution in [0.4, 0.5) is 0 Å². The highest BCUT2D eigenvalue weighted by atomic mass is 16.5. The summed E-state index contributed by atoms with van der Waals surface area (Å²) in [4.78, 5) is 22.7. The Morgan fingerprint density at radius 1 is 1.28 bits per heavy atom. The number of likely N-dealkylation sites (tertiary alicyclic amines) is 1. The lowest BCUT2D eigenvalue weighted by atomic mass is 9.66. The molecule has 1 aliphatic carbocycles. The topological polar surface area (TPSA) is 64.6 Å². The molecule has 1 atom stereocenters. The fourth-order valence-electron chi connectivity index (χ4n) is 4.21. The van der Waals surface area contributed by atoms with Gasteiger partial charge in [-0.15, -0.1) is 0 Å². The normalized spacial score (nSPS) is 25.8. The number of aromatic nitrogens is 2. The lowest BCUT2D eigenvalue weighted by Gasteiger charge is -2.48. The Morgan fingerprint density at radius 2 is 2.12 bits per heavy atom. The van der Waals surface area contributed by atoms with E-state index < -0.39 is 0 Å². The zero-order valence-electron chi connectivity index (χ0n) is 14.7. The maximum absolute atomic E-state index is 12.4. The summed E-state index contributed by atoms with van der Waals surface area (Å²) in [5.41, 5.74) is 0.233. The van der Waals surface area contributed by atoms with Crippen molar-refractivity contribution in [2.75, 3.05) is 32.9 Å². The standard InChI is InChI=1S/C19H27N3O3/c23-18(11-15-1-2-15)22-8-3-19(4-9-22)5-10-24-13-16(19)14-25-17-12-20-6-7-21-17/h6-7,12,15-16H,1-5,8-11,13-14H2/t16-/m0/s1. The predicted molar refractivity (Wildman–Crippen MR) is 92.0 cm³/mol. The van der Waals surface area contributed by atoms with Crippen molar-refractivity contribution in [3.05, 3.63) is 18.6 Å². The SMILES string of the molecule is O=C(CC1CC1)N1CCC2(CCOC[C@H]2COc2cnccn2)CC1. The molecule has 0 N–H and O–H groups in total. The Hall–Kier alpha value is -1.69. The highest BCUT2D eigenvalue weighted by Gasteiger charge is 2.44. The molecule has 0 aromatic carbocycles. The number of rotatable bonds is 5. The molecule has 0 bridgehead atoms. The van der Waals surface area contributed by atoms with Crippen LogP contribution in [0.25, 0.3) is 0 Å². The molecule has 1 aromatic heterocycles. The molecule has 136 valence electrons. The molecule has 1 spiro atoms. The molecular formula is C19H27N3O3. The van der Waals surface area contributed by atoms with Gasteiger partial charge in [-0.3, -0.25) is 9.78 Å². The summed E-state index contributed by atoms with van der Waals surface area (Å²) in [6, 6.07) is 0. The van der Waals surface area contributed by atoms with Crippen LogP contribution in [0.5, 0.6) is 5.88 Å². The largest absolute Gasteiger partial charge is 0.476 e. The fraction of sp³-hybridized carbons (Fsp3) is 0.737. The highest BCUT2D eigenvalue weighted by molar-refractivity contribution is 5.76. The van der Waals surface area contributed by atoms with Gasteiger partial charge in [0.1, 0.15) is 0 Å². The minimum Gasteiger partial charge on any atom is -0.476 e. The first-order chi connectivity index (χ1) is 12.3. The van der Waals surface area contributed by atoms with Crippen molar-refractivity contribution >= 4 is 5.91 Å². The summed E-state index contributed by atoms with van der Waals surface area (Å²) in [7, 11) is 0. The summed E-state index contributed by atoms with van der Waals surface area (Å²) in [5.74, 6) is 1.94. The molecular weight excluding hydrogens is 318 g/mol. The number of piperidine rings is 1. The second-order valence-corrected chi connectivity index (χ2v) is 7.77. The summed E-state index contributed by atoms with van der Waals surface area (Å²) in [5, 5.41) is 0. The third-order valence-electron chi connectivity index (χ3n) is 6.17. The number of hydrogen-bond donors (Lipinski definition) is 0. The molecule has 6 heteroatoms.